The van der Waals surface area contributed by atoms with Crippen LogP contribution in [0.5, 0.6) is 0 Å². The molecule has 2 aromatic rings. The van der Waals surface area contributed by atoms with Crippen LogP contribution in [-0.2, 0) is 14.9 Å². The van der Waals surface area contributed by atoms with Crippen molar-refractivity contribution in [3.8, 4) is 6.07 Å². The van der Waals surface area contributed by atoms with E-state index in [1.165, 1.54) is 0 Å². The second-order valence-corrected chi connectivity index (χ2v) is 8.55. The number of carbonyl (C=O) groups excluding carboxylic acids is 1. The Morgan fingerprint density at radius 1 is 0.935 bits per heavy atom. The van der Waals surface area contributed by atoms with Gasteiger partial charge in [0.05, 0.1) is 19.3 Å². The number of carbonyl (C=O) groups is 1. The molecule has 5 heteroatoms. The number of hydrogen-bond acceptors (Lipinski definition) is 4. The molecule has 0 unspecified atom stereocenters. The highest BCUT2D eigenvalue weighted by Crippen LogP contribution is 2.36. The van der Waals surface area contributed by atoms with Crippen molar-refractivity contribution in [2.75, 3.05) is 45.9 Å². The molecule has 2 fully saturated rings. The molecule has 0 bridgehead atoms. The van der Waals surface area contributed by atoms with Gasteiger partial charge in [-0.3, -0.25) is 4.79 Å². The van der Waals surface area contributed by atoms with Gasteiger partial charge in [-0.2, -0.15) is 5.26 Å². The first-order valence-corrected chi connectivity index (χ1v) is 11.3. The quantitative estimate of drug-likeness (QED) is 0.722. The number of benzene rings is 2. The maximum Gasteiger partial charge on any atom is 0.225 e. The molecule has 162 valence electrons. The molecule has 0 aliphatic carbocycles. The Balaban J connectivity index is 1.41. The van der Waals surface area contributed by atoms with Crippen LogP contribution in [0.1, 0.15) is 30.4 Å². The normalized spacial score (nSPS) is 18.5. The Bertz CT molecular complexity index is 840. The van der Waals surface area contributed by atoms with E-state index in [4.69, 9.17) is 4.74 Å². The van der Waals surface area contributed by atoms with Gasteiger partial charge in [0, 0.05) is 25.6 Å². The second-order valence-electron chi connectivity index (χ2n) is 8.55. The molecule has 0 saturated carbocycles. The Labute approximate surface area is 185 Å². The summed E-state index contributed by atoms with van der Waals surface area (Å²) < 4.78 is 5.37. The zero-order chi connectivity index (χ0) is 21.5. The molecule has 31 heavy (non-hydrogen) atoms. The minimum absolute atomic E-state index is 0.123. The van der Waals surface area contributed by atoms with E-state index < -0.39 is 5.41 Å². The molecule has 5 nitrogen and oxygen atoms in total. The number of amides is 1. The van der Waals surface area contributed by atoms with Crippen LogP contribution in [0.15, 0.2) is 60.7 Å². The fourth-order valence-electron chi connectivity index (χ4n) is 4.86. The average Bonchev–Trinajstić information content (AvgIpc) is 2.86. The van der Waals surface area contributed by atoms with Gasteiger partial charge in [0.2, 0.25) is 5.91 Å². The lowest BCUT2D eigenvalue weighted by molar-refractivity contribution is -0.141. The largest absolute Gasteiger partial charge is 0.378 e. The molecule has 0 spiro atoms. The van der Waals surface area contributed by atoms with Crippen LogP contribution >= 0.6 is 0 Å². The van der Waals surface area contributed by atoms with Crippen molar-refractivity contribution < 1.29 is 9.53 Å². The van der Waals surface area contributed by atoms with Gasteiger partial charge in [-0.15, -0.1) is 0 Å². The van der Waals surface area contributed by atoms with Crippen molar-refractivity contribution in [1.29, 1.82) is 5.26 Å². The lowest BCUT2D eigenvalue weighted by Crippen LogP contribution is -2.47. The average molecular weight is 418 g/mol. The molecule has 2 aliphatic heterocycles. The van der Waals surface area contributed by atoms with Gasteiger partial charge in [0.1, 0.15) is 5.41 Å². The summed E-state index contributed by atoms with van der Waals surface area (Å²) in [7, 11) is 0. The molecule has 0 radical (unpaired) electrons. The van der Waals surface area contributed by atoms with Crippen LogP contribution in [0.2, 0.25) is 0 Å². The number of piperidine rings is 1. The summed E-state index contributed by atoms with van der Waals surface area (Å²) in [6.45, 7) is 5.41. The zero-order valence-corrected chi connectivity index (χ0v) is 18.1. The van der Waals surface area contributed by atoms with Crippen LogP contribution in [0.3, 0.4) is 0 Å². The summed E-state index contributed by atoms with van der Waals surface area (Å²) in [5.41, 5.74) is 1.42. The fourth-order valence-corrected chi connectivity index (χ4v) is 4.86. The number of rotatable bonds is 6. The summed E-state index contributed by atoms with van der Waals surface area (Å²) in [4.78, 5) is 17.2. The predicted octanol–water partition coefficient (Wildman–Crippen LogP) is 3.46. The summed E-state index contributed by atoms with van der Waals surface area (Å²) in [6.07, 6.45) is 2.53. The minimum atomic E-state index is -0.664. The number of nitrogens with zero attached hydrogens (tertiary/aromatic N) is 3. The summed E-state index contributed by atoms with van der Waals surface area (Å²) in [5, 5.41) is 10.3. The highest BCUT2D eigenvalue weighted by Gasteiger charge is 2.36. The maximum atomic E-state index is 12.8. The first kappa shape index (κ1) is 21.5. The van der Waals surface area contributed by atoms with Crippen LogP contribution in [0.4, 0.5) is 0 Å². The van der Waals surface area contributed by atoms with Crippen molar-refractivity contribution in [2.45, 2.75) is 24.7 Å². The minimum Gasteiger partial charge on any atom is -0.378 e. The lowest BCUT2D eigenvalue weighted by atomic mass is 9.73. The van der Waals surface area contributed by atoms with Crippen LogP contribution < -0.4 is 0 Å². The molecule has 4 rings (SSSR count). The van der Waals surface area contributed by atoms with Gasteiger partial charge in [-0.25, -0.2) is 0 Å². The fraction of sp³-hybridized carbons (Fsp3) is 0.462. The molecular weight excluding hydrogens is 386 g/mol. The van der Waals surface area contributed by atoms with E-state index in [2.05, 4.69) is 35.2 Å². The molecule has 2 aliphatic rings. The van der Waals surface area contributed by atoms with Crippen LogP contribution in [0, 0.1) is 17.2 Å². The SMILES string of the molecule is N#CC(CCN1CCC(C(=O)N2CCOCC2)CC1)(c1ccccc1)c1ccccc1. The van der Waals surface area contributed by atoms with Crippen LogP contribution in [0.25, 0.3) is 0 Å². The van der Waals surface area contributed by atoms with Gasteiger partial charge >= 0.3 is 0 Å². The van der Waals surface area contributed by atoms with Gasteiger partial charge in [0.15, 0.2) is 0 Å². The number of morpholine rings is 1. The van der Waals surface area contributed by atoms with Gasteiger partial charge < -0.3 is 14.5 Å². The number of hydrogen-bond donors (Lipinski definition) is 0. The van der Waals surface area contributed by atoms with Gasteiger partial charge in [-0.1, -0.05) is 60.7 Å². The smallest absolute Gasteiger partial charge is 0.225 e. The topological polar surface area (TPSA) is 56.6 Å². The number of likely N-dealkylation sites (tertiary alicyclic amines) is 1. The van der Waals surface area contributed by atoms with Gasteiger partial charge in [-0.05, 0) is 43.5 Å². The second kappa shape index (κ2) is 10.1. The monoisotopic (exact) mass is 417 g/mol. The highest BCUT2D eigenvalue weighted by atomic mass is 16.5. The first-order valence-electron chi connectivity index (χ1n) is 11.3. The van der Waals surface area contributed by atoms with E-state index >= 15 is 0 Å². The predicted molar refractivity (Wildman–Crippen MR) is 120 cm³/mol. The summed E-state index contributed by atoms with van der Waals surface area (Å²) in [5.74, 6) is 0.418. The van der Waals surface area contributed by atoms with Crippen molar-refractivity contribution in [2.24, 2.45) is 5.92 Å². The molecular formula is C26H31N3O2. The summed E-state index contributed by atoms with van der Waals surface area (Å²) >= 11 is 0. The first-order chi connectivity index (χ1) is 15.2. The van der Waals surface area contributed by atoms with E-state index in [1.54, 1.807) is 0 Å². The summed E-state index contributed by atoms with van der Waals surface area (Å²) in [6, 6.07) is 22.9. The van der Waals surface area contributed by atoms with E-state index in [9.17, 15) is 10.1 Å². The van der Waals surface area contributed by atoms with Crippen molar-refractivity contribution >= 4 is 5.91 Å². The van der Waals surface area contributed by atoms with E-state index in [-0.39, 0.29) is 5.92 Å². The van der Waals surface area contributed by atoms with E-state index in [1.807, 2.05) is 41.3 Å². The Morgan fingerprint density at radius 3 is 2.00 bits per heavy atom. The Kier molecular flexibility index (Phi) is 7.01. The molecule has 1 amide bonds. The third kappa shape index (κ3) is 4.81. The zero-order valence-electron chi connectivity index (χ0n) is 18.1. The van der Waals surface area contributed by atoms with Crippen molar-refractivity contribution in [3.05, 3.63) is 71.8 Å². The number of ether oxygens (including phenoxy) is 1. The third-order valence-electron chi connectivity index (χ3n) is 6.79. The van der Waals surface area contributed by atoms with E-state index in [0.717, 1.165) is 63.1 Å². The molecule has 0 atom stereocenters. The van der Waals surface area contributed by atoms with Crippen LogP contribution in [-0.4, -0.2) is 61.6 Å². The Hall–Kier alpha value is -2.68. The van der Waals surface area contributed by atoms with Gasteiger partial charge in [0.25, 0.3) is 0 Å². The highest BCUT2D eigenvalue weighted by molar-refractivity contribution is 5.79. The lowest BCUT2D eigenvalue weighted by Gasteiger charge is -2.37. The third-order valence-corrected chi connectivity index (χ3v) is 6.79. The van der Waals surface area contributed by atoms with Crippen molar-refractivity contribution in [3.63, 3.8) is 0 Å². The standard InChI is InChI=1S/C26H31N3O2/c27-21-26(23-7-3-1-4-8-23,24-9-5-2-6-10-24)13-16-28-14-11-22(12-15-28)25(30)29-17-19-31-20-18-29/h1-10,22H,11-20H2. The molecule has 2 heterocycles. The van der Waals surface area contributed by atoms with E-state index in [0.29, 0.717) is 19.1 Å². The molecule has 0 aromatic heterocycles. The Morgan fingerprint density at radius 2 is 1.48 bits per heavy atom. The molecule has 0 N–H and O–H groups in total. The maximum absolute atomic E-state index is 12.8. The van der Waals surface area contributed by atoms with Crippen molar-refractivity contribution in [1.82, 2.24) is 9.80 Å². The molecule has 2 aromatic carbocycles. The number of nitriles is 1. The molecule has 2 saturated heterocycles.